The fraction of sp³-hybridized carbons (Fsp3) is 0.0909. The molecule has 5 heteroatoms. The molecule has 0 saturated carbocycles. The lowest BCUT2D eigenvalue weighted by Gasteiger charge is -2.14. The van der Waals surface area contributed by atoms with E-state index in [1.807, 2.05) is 60.7 Å². The number of benzene rings is 2. The minimum absolute atomic E-state index is 0.0569. The zero-order valence-electron chi connectivity index (χ0n) is 14.5. The molecular formula is C22H17NO2S2. The smallest absolute Gasteiger partial charge is 0.266 e. The summed E-state index contributed by atoms with van der Waals surface area (Å²) in [7, 11) is 0. The van der Waals surface area contributed by atoms with Gasteiger partial charge in [-0.25, -0.2) is 0 Å². The first-order valence-corrected chi connectivity index (χ1v) is 9.88. The Hall–Kier alpha value is -2.63. The number of amides is 1. The molecule has 1 amide bonds. The Morgan fingerprint density at radius 3 is 2.41 bits per heavy atom. The van der Waals surface area contributed by atoms with Crippen LogP contribution in [0, 0.1) is 0 Å². The van der Waals surface area contributed by atoms with Crippen molar-refractivity contribution in [1.82, 2.24) is 4.90 Å². The van der Waals surface area contributed by atoms with Crippen LogP contribution < -0.4 is 0 Å². The third-order valence-corrected chi connectivity index (χ3v) is 5.68. The number of thioether (sulfide) groups is 1. The van der Waals surface area contributed by atoms with Crippen molar-refractivity contribution in [2.45, 2.75) is 6.42 Å². The molecule has 1 saturated heterocycles. The Labute approximate surface area is 167 Å². The lowest BCUT2D eigenvalue weighted by molar-refractivity contribution is -0.122. The highest BCUT2D eigenvalue weighted by Gasteiger charge is 2.31. The summed E-state index contributed by atoms with van der Waals surface area (Å²) in [6.45, 7) is 0.583. The van der Waals surface area contributed by atoms with Crippen molar-refractivity contribution in [2.75, 3.05) is 6.54 Å². The van der Waals surface area contributed by atoms with Gasteiger partial charge in [-0.3, -0.25) is 9.69 Å². The zero-order chi connectivity index (χ0) is 18.6. The van der Waals surface area contributed by atoms with Gasteiger partial charge in [0.15, 0.2) is 0 Å². The van der Waals surface area contributed by atoms with Crippen LogP contribution >= 0.6 is 24.0 Å². The molecule has 0 aliphatic carbocycles. The second-order valence-electron chi connectivity index (χ2n) is 6.14. The maximum Gasteiger partial charge on any atom is 0.266 e. The molecule has 3 nitrogen and oxygen atoms in total. The molecule has 1 aliphatic heterocycles. The molecule has 4 rings (SSSR count). The van der Waals surface area contributed by atoms with Gasteiger partial charge in [0.25, 0.3) is 5.91 Å². The Balaban J connectivity index is 1.47. The monoisotopic (exact) mass is 391 g/mol. The molecule has 1 aliphatic rings. The van der Waals surface area contributed by atoms with Crippen LogP contribution in [0.1, 0.15) is 11.3 Å². The number of carbonyl (C=O) groups is 1. The Morgan fingerprint density at radius 1 is 0.963 bits per heavy atom. The lowest BCUT2D eigenvalue weighted by atomic mass is 10.1. The first-order chi connectivity index (χ1) is 13.2. The maximum atomic E-state index is 12.7. The minimum Gasteiger partial charge on any atom is -0.457 e. The maximum absolute atomic E-state index is 12.7. The van der Waals surface area contributed by atoms with Gasteiger partial charge in [-0.15, -0.1) is 0 Å². The van der Waals surface area contributed by atoms with E-state index in [1.165, 1.54) is 17.3 Å². The van der Waals surface area contributed by atoms with Gasteiger partial charge < -0.3 is 4.42 Å². The van der Waals surface area contributed by atoms with Crippen molar-refractivity contribution in [1.29, 1.82) is 0 Å². The molecular weight excluding hydrogens is 374 g/mol. The van der Waals surface area contributed by atoms with Crippen LogP contribution in [0.15, 0.2) is 82.1 Å². The van der Waals surface area contributed by atoms with E-state index in [0.717, 1.165) is 17.7 Å². The van der Waals surface area contributed by atoms with Gasteiger partial charge in [0.2, 0.25) is 0 Å². The summed E-state index contributed by atoms with van der Waals surface area (Å²) in [5.74, 6) is 1.37. The topological polar surface area (TPSA) is 33.5 Å². The number of thiocarbonyl (C=S) groups is 1. The Kier molecular flexibility index (Phi) is 5.23. The molecule has 1 fully saturated rings. The van der Waals surface area contributed by atoms with Crippen LogP contribution in [-0.2, 0) is 11.2 Å². The number of hydrogen-bond acceptors (Lipinski definition) is 4. The molecule has 134 valence electrons. The largest absolute Gasteiger partial charge is 0.457 e. The van der Waals surface area contributed by atoms with Crippen molar-refractivity contribution >= 4 is 40.3 Å². The first-order valence-electron chi connectivity index (χ1n) is 8.65. The summed E-state index contributed by atoms with van der Waals surface area (Å²) in [4.78, 5) is 15.0. The molecule has 0 atom stereocenters. The van der Waals surface area contributed by atoms with Gasteiger partial charge >= 0.3 is 0 Å². The normalized spacial score (nSPS) is 15.7. The van der Waals surface area contributed by atoms with E-state index in [2.05, 4.69) is 12.1 Å². The van der Waals surface area contributed by atoms with Crippen LogP contribution in [0.25, 0.3) is 17.4 Å². The summed E-state index contributed by atoms with van der Waals surface area (Å²) >= 11 is 6.73. The van der Waals surface area contributed by atoms with E-state index in [4.69, 9.17) is 16.6 Å². The molecule has 0 unspecified atom stereocenters. The molecule has 0 radical (unpaired) electrons. The third-order valence-electron chi connectivity index (χ3n) is 4.30. The number of hydrogen-bond donors (Lipinski definition) is 0. The molecule has 0 bridgehead atoms. The van der Waals surface area contributed by atoms with Crippen molar-refractivity contribution in [3.63, 3.8) is 0 Å². The van der Waals surface area contributed by atoms with E-state index in [9.17, 15) is 4.79 Å². The fourth-order valence-corrected chi connectivity index (χ4v) is 4.18. The highest BCUT2D eigenvalue weighted by atomic mass is 32.2. The Bertz CT molecular complexity index is 993. The van der Waals surface area contributed by atoms with Gasteiger partial charge in [-0.1, -0.05) is 84.6 Å². The second kappa shape index (κ2) is 7.94. The summed E-state index contributed by atoms with van der Waals surface area (Å²) in [6, 6.07) is 23.8. The lowest BCUT2D eigenvalue weighted by Crippen LogP contribution is -2.30. The van der Waals surface area contributed by atoms with E-state index in [0.29, 0.717) is 21.5 Å². The van der Waals surface area contributed by atoms with Crippen molar-refractivity contribution < 1.29 is 9.21 Å². The zero-order valence-corrected chi connectivity index (χ0v) is 16.1. The molecule has 2 aromatic carbocycles. The highest BCUT2D eigenvalue weighted by molar-refractivity contribution is 8.26. The van der Waals surface area contributed by atoms with Gasteiger partial charge in [-0.2, -0.15) is 0 Å². The Morgan fingerprint density at radius 2 is 1.67 bits per heavy atom. The summed E-state index contributed by atoms with van der Waals surface area (Å²) < 4.78 is 6.47. The van der Waals surface area contributed by atoms with E-state index < -0.39 is 0 Å². The number of nitrogens with zero attached hydrogens (tertiary/aromatic N) is 1. The minimum atomic E-state index is -0.0569. The van der Waals surface area contributed by atoms with Crippen molar-refractivity contribution in [3.8, 4) is 11.3 Å². The predicted octanol–water partition coefficient (Wildman–Crippen LogP) is 5.39. The van der Waals surface area contributed by atoms with Gasteiger partial charge in [0.1, 0.15) is 15.8 Å². The van der Waals surface area contributed by atoms with E-state index >= 15 is 0 Å². The first kappa shape index (κ1) is 17.8. The van der Waals surface area contributed by atoms with Crippen LogP contribution in [-0.4, -0.2) is 21.7 Å². The number of rotatable bonds is 5. The summed E-state index contributed by atoms with van der Waals surface area (Å²) in [5, 5.41) is 0. The molecule has 0 spiro atoms. The highest BCUT2D eigenvalue weighted by Crippen LogP contribution is 2.33. The quantitative estimate of drug-likeness (QED) is 0.431. The van der Waals surface area contributed by atoms with Crippen LogP contribution in [0.5, 0.6) is 0 Å². The van der Waals surface area contributed by atoms with Gasteiger partial charge in [-0.05, 0) is 24.1 Å². The third kappa shape index (κ3) is 4.04. The average molecular weight is 392 g/mol. The summed E-state index contributed by atoms with van der Waals surface area (Å²) in [5.41, 5.74) is 2.20. The molecule has 27 heavy (non-hydrogen) atoms. The predicted molar refractivity (Wildman–Crippen MR) is 114 cm³/mol. The standard InChI is InChI=1S/C22H17NO2S2/c24-21-20(15-18-11-12-19(25-18)17-9-5-2-6-10-17)27-22(26)23(21)14-13-16-7-3-1-4-8-16/h1-12,15H,13-14H2. The van der Waals surface area contributed by atoms with Gasteiger partial charge in [0, 0.05) is 18.2 Å². The van der Waals surface area contributed by atoms with E-state index in [-0.39, 0.29) is 5.91 Å². The molecule has 0 N–H and O–H groups in total. The van der Waals surface area contributed by atoms with Crippen LogP contribution in [0.3, 0.4) is 0 Å². The molecule has 2 heterocycles. The van der Waals surface area contributed by atoms with Crippen LogP contribution in [0.4, 0.5) is 0 Å². The molecule has 1 aromatic heterocycles. The SMILES string of the molecule is O=C1C(=Cc2ccc(-c3ccccc3)o2)SC(=S)N1CCc1ccccc1. The van der Waals surface area contributed by atoms with Gasteiger partial charge in [0.05, 0.1) is 4.91 Å². The second-order valence-corrected chi connectivity index (χ2v) is 7.81. The van der Waals surface area contributed by atoms with E-state index in [1.54, 1.807) is 11.0 Å². The number of furan rings is 1. The fourth-order valence-electron chi connectivity index (χ4n) is 2.90. The summed E-state index contributed by atoms with van der Waals surface area (Å²) in [6.07, 6.45) is 2.55. The van der Waals surface area contributed by atoms with Crippen LogP contribution in [0.2, 0.25) is 0 Å². The average Bonchev–Trinajstić information content (AvgIpc) is 3.27. The number of carbonyl (C=O) groups excluding carboxylic acids is 1. The van der Waals surface area contributed by atoms with Crippen molar-refractivity contribution in [3.05, 3.63) is 89.0 Å². The molecule has 3 aromatic rings. The van der Waals surface area contributed by atoms with Crippen molar-refractivity contribution in [2.24, 2.45) is 0 Å².